The summed E-state index contributed by atoms with van der Waals surface area (Å²) in [6, 6.07) is 8.47. The lowest BCUT2D eigenvalue weighted by atomic mass is 10.2. The van der Waals surface area contributed by atoms with Gasteiger partial charge in [0.15, 0.2) is 5.96 Å². The number of aromatic nitrogens is 1. The molecule has 0 unspecified atom stereocenters. The third-order valence-electron chi connectivity index (χ3n) is 4.88. The minimum Gasteiger partial charge on any atom is -0.383 e. The zero-order valence-corrected chi connectivity index (χ0v) is 17.4. The lowest BCUT2D eigenvalue weighted by molar-refractivity contribution is -0.384. The van der Waals surface area contributed by atoms with Crippen molar-refractivity contribution in [2.75, 3.05) is 46.4 Å². The van der Waals surface area contributed by atoms with Crippen molar-refractivity contribution in [1.29, 1.82) is 0 Å². The van der Waals surface area contributed by atoms with Crippen LogP contribution < -0.4 is 5.32 Å². The zero-order valence-electron chi connectivity index (χ0n) is 17.4. The predicted molar refractivity (Wildman–Crippen MR) is 112 cm³/mol. The fourth-order valence-electron chi connectivity index (χ4n) is 3.26. The molecule has 10 nitrogen and oxygen atoms in total. The second-order valence-corrected chi connectivity index (χ2v) is 7.18. The van der Waals surface area contributed by atoms with Gasteiger partial charge in [-0.25, -0.2) is 4.99 Å². The van der Waals surface area contributed by atoms with Crippen LogP contribution in [0.1, 0.15) is 17.0 Å². The van der Waals surface area contributed by atoms with Gasteiger partial charge in [-0.15, -0.1) is 0 Å². The Balaban J connectivity index is 1.58. The van der Waals surface area contributed by atoms with Gasteiger partial charge in [0, 0.05) is 64.6 Å². The molecule has 0 aliphatic carbocycles. The second kappa shape index (κ2) is 10.7. The molecular weight excluding hydrogens is 388 g/mol. The minimum atomic E-state index is -0.398. The topological polar surface area (TPSA) is 109 Å². The van der Waals surface area contributed by atoms with Crippen molar-refractivity contribution in [3.05, 3.63) is 57.5 Å². The van der Waals surface area contributed by atoms with E-state index in [0.29, 0.717) is 19.7 Å². The Morgan fingerprint density at radius 3 is 2.63 bits per heavy atom. The highest BCUT2D eigenvalue weighted by molar-refractivity contribution is 5.80. The van der Waals surface area contributed by atoms with Crippen LogP contribution in [0, 0.1) is 17.0 Å². The number of non-ortho nitro benzene ring substituents is 1. The number of guanidine groups is 1. The van der Waals surface area contributed by atoms with Crippen molar-refractivity contribution in [2.24, 2.45) is 4.99 Å². The quantitative estimate of drug-likeness (QED) is 0.228. The van der Waals surface area contributed by atoms with E-state index in [9.17, 15) is 10.1 Å². The van der Waals surface area contributed by atoms with Crippen LogP contribution in [0.25, 0.3) is 0 Å². The Morgan fingerprint density at radius 2 is 2.03 bits per heavy atom. The van der Waals surface area contributed by atoms with Crippen molar-refractivity contribution in [3.63, 3.8) is 0 Å². The largest absolute Gasteiger partial charge is 0.383 e. The van der Waals surface area contributed by atoms with E-state index in [1.165, 1.54) is 12.1 Å². The number of nitrogens with zero attached hydrogens (tertiary/aromatic N) is 5. The van der Waals surface area contributed by atoms with E-state index < -0.39 is 4.92 Å². The molecule has 1 aliphatic rings. The van der Waals surface area contributed by atoms with Crippen molar-refractivity contribution in [3.8, 4) is 0 Å². The van der Waals surface area contributed by atoms with E-state index in [2.05, 4.69) is 20.3 Å². The van der Waals surface area contributed by atoms with Gasteiger partial charge < -0.3 is 19.5 Å². The summed E-state index contributed by atoms with van der Waals surface area (Å²) in [4.78, 5) is 19.7. The molecule has 0 bridgehead atoms. The van der Waals surface area contributed by atoms with Crippen LogP contribution in [-0.4, -0.2) is 72.3 Å². The first-order valence-corrected chi connectivity index (χ1v) is 9.95. The van der Waals surface area contributed by atoms with Gasteiger partial charge in [0.25, 0.3) is 5.69 Å². The van der Waals surface area contributed by atoms with Crippen LogP contribution in [0.2, 0.25) is 0 Å². The molecule has 162 valence electrons. The predicted octanol–water partition coefficient (Wildman–Crippen LogP) is 1.80. The number of aliphatic imine (C=N–C) groups is 1. The van der Waals surface area contributed by atoms with Crippen LogP contribution in [0.5, 0.6) is 0 Å². The van der Waals surface area contributed by atoms with Gasteiger partial charge in [-0.05, 0) is 12.5 Å². The third-order valence-corrected chi connectivity index (χ3v) is 4.88. The molecule has 0 amide bonds. The van der Waals surface area contributed by atoms with Crippen LogP contribution in [0.3, 0.4) is 0 Å². The molecule has 0 saturated carbocycles. The second-order valence-electron chi connectivity index (χ2n) is 7.18. The molecule has 30 heavy (non-hydrogen) atoms. The van der Waals surface area contributed by atoms with Crippen LogP contribution in [0.4, 0.5) is 5.69 Å². The lowest BCUT2D eigenvalue weighted by Crippen LogP contribution is -2.52. The number of nitro groups is 1. The maximum Gasteiger partial charge on any atom is 0.269 e. The molecule has 1 aromatic carbocycles. The summed E-state index contributed by atoms with van der Waals surface area (Å²) in [6.45, 7) is 7.85. The molecule has 10 heteroatoms. The number of aryl methyl sites for hydroxylation is 1. The summed E-state index contributed by atoms with van der Waals surface area (Å²) in [5.74, 6) is 1.65. The van der Waals surface area contributed by atoms with Crippen molar-refractivity contribution >= 4 is 11.6 Å². The molecule has 1 aliphatic heterocycles. The molecular formula is C20H28N6O4. The van der Waals surface area contributed by atoms with E-state index >= 15 is 0 Å². The lowest BCUT2D eigenvalue weighted by Gasteiger charge is -2.36. The summed E-state index contributed by atoms with van der Waals surface area (Å²) < 4.78 is 10.3. The molecule has 0 spiro atoms. The number of benzene rings is 1. The molecule has 2 heterocycles. The van der Waals surface area contributed by atoms with E-state index in [4.69, 9.17) is 14.3 Å². The first kappa shape index (κ1) is 21.7. The summed E-state index contributed by atoms with van der Waals surface area (Å²) in [5, 5.41) is 18.2. The highest BCUT2D eigenvalue weighted by Gasteiger charge is 2.20. The van der Waals surface area contributed by atoms with Gasteiger partial charge >= 0.3 is 0 Å². The fraction of sp³-hybridized carbons (Fsp3) is 0.500. The summed E-state index contributed by atoms with van der Waals surface area (Å²) in [7, 11) is 1.67. The fourth-order valence-corrected chi connectivity index (χ4v) is 3.26. The third kappa shape index (κ3) is 6.26. The molecule has 3 rings (SSSR count). The minimum absolute atomic E-state index is 0.0830. The van der Waals surface area contributed by atoms with Crippen molar-refractivity contribution in [1.82, 2.24) is 20.3 Å². The molecule has 1 saturated heterocycles. The first-order valence-electron chi connectivity index (χ1n) is 9.95. The number of nitro benzene ring substituents is 1. The Bertz CT molecular complexity index is 843. The number of ether oxygens (including phenoxy) is 1. The van der Waals surface area contributed by atoms with Gasteiger partial charge in [0.05, 0.1) is 23.8 Å². The molecule has 1 N–H and O–H groups in total. The Labute approximate surface area is 175 Å². The number of methoxy groups -OCH3 is 1. The van der Waals surface area contributed by atoms with Gasteiger partial charge in [-0.1, -0.05) is 17.3 Å². The SMILES string of the molecule is COCCNC(=NCc1ccc([N+](=O)[O-])cc1)N1CCN(Cc2cc(C)on2)CC1. The Morgan fingerprint density at radius 1 is 1.30 bits per heavy atom. The smallest absolute Gasteiger partial charge is 0.269 e. The maximum atomic E-state index is 10.8. The Kier molecular flexibility index (Phi) is 7.75. The number of rotatable bonds is 8. The highest BCUT2D eigenvalue weighted by atomic mass is 16.6. The van der Waals surface area contributed by atoms with E-state index in [1.807, 2.05) is 13.0 Å². The molecule has 1 aromatic heterocycles. The number of piperazine rings is 1. The van der Waals surface area contributed by atoms with E-state index in [0.717, 1.165) is 55.7 Å². The average Bonchev–Trinajstić information content (AvgIpc) is 3.16. The molecule has 2 aromatic rings. The normalized spacial score (nSPS) is 15.4. The average molecular weight is 416 g/mol. The number of nitrogens with one attached hydrogen (secondary N) is 1. The van der Waals surface area contributed by atoms with Crippen molar-refractivity contribution in [2.45, 2.75) is 20.0 Å². The summed E-state index contributed by atoms with van der Waals surface area (Å²) >= 11 is 0. The molecule has 0 radical (unpaired) electrons. The standard InChI is InChI=1S/C20H28N6O4/c1-16-13-18(23-30-16)15-24-8-10-25(11-9-24)20(21-7-12-29-2)22-14-17-3-5-19(6-4-17)26(27)28/h3-6,13H,7-12,14-15H2,1-2H3,(H,21,22). The van der Waals surface area contributed by atoms with Crippen LogP contribution in [-0.2, 0) is 17.8 Å². The molecule has 0 atom stereocenters. The maximum absolute atomic E-state index is 10.8. The van der Waals surface area contributed by atoms with E-state index in [1.54, 1.807) is 19.2 Å². The zero-order chi connectivity index (χ0) is 21.3. The van der Waals surface area contributed by atoms with E-state index in [-0.39, 0.29) is 5.69 Å². The van der Waals surface area contributed by atoms with Gasteiger partial charge in [-0.2, -0.15) is 0 Å². The number of hydrogen-bond donors (Lipinski definition) is 1. The first-order chi connectivity index (χ1) is 14.5. The van der Waals surface area contributed by atoms with Gasteiger partial charge in [-0.3, -0.25) is 15.0 Å². The summed E-state index contributed by atoms with van der Waals surface area (Å²) in [6.07, 6.45) is 0. The van der Waals surface area contributed by atoms with Crippen LogP contribution in [0.15, 0.2) is 39.8 Å². The molecule has 1 fully saturated rings. The van der Waals surface area contributed by atoms with Gasteiger partial charge in [0.1, 0.15) is 5.76 Å². The highest BCUT2D eigenvalue weighted by Crippen LogP contribution is 2.13. The van der Waals surface area contributed by atoms with Crippen molar-refractivity contribution < 1.29 is 14.2 Å². The van der Waals surface area contributed by atoms with Crippen LogP contribution >= 0.6 is 0 Å². The monoisotopic (exact) mass is 416 g/mol. The Hall–Kier alpha value is -2.98. The number of hydrogen-bond acceptors (Lipinski definition) is 7. The summed E-state index contributed by atoms with van der Waals surface area (Å²) in [5.41, 5.74) is 1.96. The van der Waals surface area contributed by atoms with Gasteiger partial charge in [0.2, 0.25) is 0 Å².